The molecule has 4 aromatic rings. The van der Waals surface area contributed by atoms with Crippen LogP contribution < -0.4 is 9.64 Å². The molecule has 0 aliphatic carbocycles. The molecule has 0 saturated carbocycles. The number of nitrogens with one attached hydrogen (secondary N) is 1. The first-order valence-electron chi connectivity index (χ1n) is 12.3. The summed E-state index contributed by atoms with van der Waals surface area (Å²) in [5.74, 6) is 0.148. The van der Waals surface area contributed by atoms with Crippen LogP contribution in [-0.2, 0) is 4.74 Å². The van der Waals surface area contributed by atoms with Crippen LogP contribution in [0.25, 0.3) is 33.6 Å². The van der Waals surface area contributed by atoms with Gasteiger partial charge in [0.05, 0.1) is 17.7 Å². The molecule has 1 N–H and O–H groups in total. The van der Waals surface area contributed by atoms with Gasteiger partial charge in [-0.3, -0.25) is 5.10 Å². The maximum atomic E-state index is 14.6. The Morgan fingerprint density at radius 3 is 2.81 bits per heavy atom. The molecule has 2 aliphatic heterocycles. The summed E-state index contributed by atoms with van der Waals surface area (Å²) < 4.78 is 30.7. The number of aromatic nitrogens is 3. The smallest absolute Gasteiger partial charge is 0.188 e. The number of halogens is 1. The van der Waals surface area contributed by atoms with E-state index in [-0.39, 0.29) is 17.9 Å². The first-order chi connectivity index (χ1) is 17.5. The monoisotopic (exact) mass is 491 g/mol. The molecule has 2 fully saturated rings. The predicted octanol–water partition coefficient (Wildman–Crippen LogP) is 4.72. The zero-order chi connectivity index (χ0) is 24.9. The fourth-order valence-electron chi connectivity index (χ4n) is 5.86. The van der Waals surface area contributed by atoms with Crippen LogP contribution in [0.3, 0.4) is 0 Å². The minimum Gasteiger partial charge on any atom is -0.488 e. The van der Waals surface area contributed by atoms with Crippen molar-refractivity contribution in [1.29, 1.82) is 0 Å². The van der Waals surface area contributed by atoms with Gasteiger partial charge in [-0.2, -0.15) is 5.10 Å². The van der Waals surface area contributed by atoms with Crippen molar-refractivity contribution in [2.45, 2.75) is 31.3 Å². The maximum Gasteiger partial charge on any atom is 0.188 e. The molecule has 2 aliphatic rings. The van der Waals surface area contributed by atoms with Gasteiger partial charge in [0.25, 0.3) is 0 Å². The molecule has 2 saturated heterocycles. The third-order valence-electron chi connectivity index (χ3n) is 7.84. The standard InChI is InChI=1S/C27H30FN5O3/c1-27-9-11-32(2)25(27)8-10-33(27)18-6-4-17(5-7-18)21-15-24(36-31-21)26-19-14-20(28)23(35-13-12-34-3)16-22(19)29-30-26/h4-7,14-16,25H,8-13H2,1-3H3,(H,29,30)/t25?,27-/m0/s1. The van der Waals surface area contributed by atoms with E-state index in [9.17, 15) is 4.39 Å². The van der Waals surface area contributed by atoms with Gasteiger partial charge in [-0.1, -0.05) is 17.3 Å². The third kappa shape index (κ3) is 3.74. The number of likely N-dealkylation sites (tertiary alicyclic amines) is 1. The van der Waals surface area contributed by atoms with E-state index in [2.05, 4.69) is 63.4 Å². The number of aromatic amines is 1. The Bertz CT molecular complexity index is 1380. The van der Waals surface area contributed by atoms with E-state index >= 15 is 0 Å². The number of H-pyrrole nitrogens is 1. The summed E-state index contributed by atoms with van der Waals surface area (Å²) in [6.45, 7) is 5.24. The van der Waals surface area contributed by atoms with Crippen molar-refractivity contribution >= 4 is 16.6 Å². The number of nitrogens with zero attached hydrogens (tertiary/aromatic N) is 4. The fourth-order valence-corrected chi connectivity index (χ4v) is 5.86. The van der Waals surface area contributed by atoms with Crippen molar-refractivity contribution < 1.29 is 18.4 Å². The van der Waals surface area contributed by atoms with Crippen LogP contribution >= 0.6 is 0 Å². The quantitative estimate of drug-likeness (QED) is 0.375. The molecule has 6 rings (SSSR count). The molecule has 0 radical (unpaired) electrons. The lowest BCUT2D eigenvalue weighted by atomic mass is 9.93. The molecule has 1 unspecified atom stereocenters. The van der Waals surface area contributed by atoms with Gasteiger partial charge in [0.2, 0.25) is 0 Å². The van der Waals surface area contributed by atoms with Crippen LogP contribution in [0.4, 0.5) is 10.1 Å². The van der Waals surface area contributed by atoms with Crippen molar-refractivity contribution in [2.75, 3.05) is 45.4 Å². The number of hydrogen-bond donors (Lipinski definition) is 1. The number of fused-ring (bicyclic) bond motifs is 2. The summed E-state index contributed by atoms with van der Waals surface area (Å²) in [4.78, 5) is 5.04. The molecule has 8 nitrogen and oxygen atoms in total. The highest BCUT2D eigenvalue weighted by molar-refractivity contribution is 5.93. The van der Waals surface area contributed by atoms with Crippen LogP contribution in [0.2, 0.25) is 0 Å². The second kappa shape index (κ2) is 8.90. The summed E-state index contributed by atoms with van der Waals surface area (Å²) in [7, 11) is 3.80. The van der Waals surface area contributed by atoms with Crippen LogP contribution in [-0.4, -0.2) is 72.3 Å². The average Bonchev–Trinajstić information content (AvgIpc) is 3.64. The van der Waals surface area contributed by atoms with Gasteiger partial charge >= 0.3 is 0 Å². The van der Waals surface area contributed by atoms with Crippen molar-refractivity contribution in [3.05, 3.63) is 48.3 Å². The number of anilines is 1. The number of likely N-dealkylation sites (N-methyl/N-ethyl adjacent to an activating group) is 1. The van der Waals surface area contributed by atoms with Crippen molar-refractivity contribution in [1.82, 2.24) is 20.3 Å². The molecule has 9 heteroatoms. The third-order valence-corrected chi connectivity index (χ3v) is 7.84. The van der Waals surface area contributed by atoms with E-state index in [0.717, 1.165) is 18.7 Å². The number of ether oxygens (including phenoxy) is 2. The summed E-state index contributed by atoms with van der Waals surface area (Å²) in [5.41, 5.74) is 4.24. The molecular weight excluding hydrogens is 461 g/mol. The largest absolute Gasteiger partial charge is 0.488 e. The fraction of sp³-hybridized carbons (Fsp3) is 0.407. The normalized spacial score (nSPS) is 22.0. The molecule has 4 heterocycles. The van der Waals surface area contributed by atoms with Crippen LogP contribution in [0.1, 0.15) is 19.8 Å². The Morgan fingerprint density at radius 2 is 2.00 bits per heavy atom. The maximum absolute atomic E-state index is 14.6. The highest BCUT2D eigenvalue weighted by Gasteiger charge is 2.50. The second-order valence-corrected chi connectivity index (χ2v) is 9.91. The minimum absolute atomic E-state index is 0.149. The molecule has 0 spiro atoms. The predicted molar refractivity (Wildman–Crippen MR) is 136 cm³/mol. The Hall–Kier alpha value is -3.43. The first kappa shape index (κ1) is 23.0. The molecule has 36 heavy (non-hydrogen) atoms. The average molecular weight is 492 g/mol. The molecule has 188 valence electrons. The first-order valence-corrected chi connectivity index (χ1v) is 12.3. The lowest BCUT2D eigenvalue weighted by Crippen LogP contribution is -2.47. The Labute approximate surface area is 209 Å². The van der Waals surface area contributed by atoms with E-state index in [0.29, 0.717) is 40.7 Å². The molecule has 0 amide bonds. The Kier molecular flexibility index (Phi) is 5.69. The molecule has 0 bridgehead atoms. The van der Waals surface area contributed by atoms with E-state index < -0.39 is 5.82 Å². The highest BCUT2D eigenvalue weighted by Crippen LogP contribution is 2.43. The lowest BCUT2D eigenvalue weighted by Gasteiger charge is -2.37. The number of rotatable bonds is 7. The Morgan fingerprint density at radius 1 is 1.17 bits per heavy atom. The van der Waals surface area contributed by atoms with E-state index in [4.69, 9.17) is 14.0 Å². The number of methoxy groups -OCH3 is 1. The van der Waals surface area contributed by atoms with Gasteiger partial charge < -0.3 is 23.8 Å². The van der Waals surface area contributed by atoms with Crippen molar-refractivity contribution in [3.63, 3.8) is 0 Å². The van der Waals surface area contributed by atoms with Gasteiger partial charge in [-0.05, 0) is 45.0 Å². The second-order valence-electron chi connectivity index (χ2n) is 9.91. The van der Waals surface area contributed by atoms with Crippen LogP contribution in [0.5, 0.6) is 5.75 Å². The zero-order valence-electron chi connectivity index (χ0n) is 20.8. The molecule has 2 atom stereocenters. The minimum atomic E-state index is -0.470. The van der Waals surface area contributed by atoms with Gasteiger partial charge in [0.1, 0.15) is 18.0 Å². The van der Waals surface area contributed by atoms with E-state index in [1.165, 1.54) is 24.6 Å². The lowest BCUT2D eigenvalue weighted by molar-refractivity contribution is 0.144. The van der Waals surface area contributed by atoms with Crippen LogP contribution in [0.15, 0.2) is 47.0 Å². The van der Waals surface area contributed by atoms with Crippen LogP contribution in [0, 0.1) is 5.82 Å². The molecule has 2 aromatic carbocycles. The van der Waals surface area contributed by atoms with E-state index in [1.54, 1.807) is 13.2 Å². The summed E-state index contributed by atoms with van der Waals surface area (Å²) in [5, 5.41) is 12.1. The summed E-state index contributed by atoms with van der Waals surface area (Å²) in [6, 6.07) is 13.9. The zero-order valence-corrected chi connectivity index (χ0v) is 20.8. The molecular formula is C27H30FN5O3. The number of hydrogen-bond acceptors (Lipinski definition) is 7. The van der Waals surface area contributed by atoms with E-state index in [1.807, 2.05) is 6.07 Å². The SMILES string of the molecule is COCCOc1cc2[nH]nc(-c3cc(-c4ccc(N5CCC6N(C)CC[C@@]65C)cc4)no3)c2cc1F. The van der Waals surface area contributed by atoms with Gasteiger partial charge in [0, 0.05) is 55.0 Å². The van der Waals surface area contributed by atoms with Gasteiger partial charge in [-0.15, -0.1) is 0 Å². The highest BCUT2D eigenvalue weighted by atomic mass is 19.1. The molecule has 2 aromatic heterocycles. The number of benzene rings is 2. The topological polar surface area (TPSA) is 79.7 Å². The van der Waals surface area contributed by atoms with Crippen molar-refractivity contribution in [2.24, 2.45) is 0 Å². The van der Waals surface area contributed by atoms with Crippen molar-refractivity contribution in [3.8, 4) is 28.5 Å². The van der Waals surface area contributed by atoms with Gasteiger partial charge in [-0.25, -0.2) is 4.39 Å². The van der Waals surface area contributed by atoms with Gasteiger partial charge in [0.15, 0.2) is 17.3 Å². The Balaban J connectivity index is 1.23. The summed E-state index contributed by atoms with van der Waals surface area (Å²) >= 11 is 0. The summed E-state index contributed by atoms with van der Waals surface area (Å²) in [6.07, 6.45) is 2.38.